The Morgan fingerprint density at radius 1 is 1.05 bits per heavy atom. The fraction of sp³-hybridized carbons (Fsp3) is 0.346. The van der Waals surface area contributed by atoms with Crippen LogP contribution in [0.25, 0.3) is 0 Å². The topological polar surface area (TPSA) is 117 Å². The number of likely N-dealkylation sites (N-methyl/N-ethyl adjacent to an activating group) is 1. The molecule has 1 aromatic carbocycles. The van der Waals surface area contributed by atoms with Gasteiger partial charge in [0.2, 0.25) is 15.9 Å². The largest absolute Gasteiger partial charge is 0.381 e. The number of hydrogen-bond acceptors (Lipinski definition) is 8. The summed E-state index contributed by atoms with van der Waals surface area (Å²) in [6.07, 6.45) is 3.30. The third-order valence-corrected chi connectivity index (χ3v) is 8.17. The van der Waals surface area contributed by atoms with Crippen LogP contribution in [-0.2, 0) is 26.1 Å². The van der Waals surface area contributed by atoms with E-state index in [4.69, 9.17) is 9.72 Å². The van der Waals surface area contributed by atoms with Crippen LogP contribution in [0.1, 0.15) is 25.5 Å². The molecule has 1 fully saturated rings. The van der Waals surface area contributed by atoms with Gasteiger partial charge in [-0.15, -0.1) is 0 Å². The van der Waals surface area contributed by atoms with Crippen molar-refractivity contribution in [1.29, 1.82) is 0 Å². The first kappa shape index (κ1) is 25.1. The quantitative estimate of drug-likeness (QED) is 0.486. The highest BCUT2D eigenvalue weighted by molar-refractivity contribution is 7.89. The molecule has 0 saturated carbocycles. The lowest BCUT2D eigenvalue weighted by Gasteiger charge is -2.44. The summed E-state index contributed by atoms with van der Waals surface area (Å²) in [6, 6.07) is 15.4. The third-order valence-electron chi connectivity index (χ3n) is 6.76. The van der Waals surface area contributed by atoms with E-state index in [1.165, 1.54) is 0 Å². The van der Waals surface area contributed by atoms with E-state index in [1.54, 1.807) is 54.5 Å². The molecule has 1 atom stereocenters. The summed E-state index contributed by atoms with van der Waals surface area (Å²) in [7, 11) is -1.91. The highest BCUT2D eigenvalue weighted by Crippen LogP contribution is 2.38. The summed E-state index contributed by atoms with van der Waals surface area (Å²) in [6.45, 7) is 3.36. The highest BCUT2D eigenvalue weighted by atomic mass is 32.2. The molecule has 4 heterocycles. The molecule has 1 amide bonds. The Kier molecular flexibility index (Phi) is 7.09. The fourth-order valence-electron chi connectivity index (χ4n) is 4.74. The minimum atomic E-state index is -3.69. The molecule has 37 heavy (non-hydrogen) atoms. The summed E-state index contributed by atoms with van der Waals surface area (Å²) in [5.41, 5.74) is 2.10. The number of nitrogens with zero attached hydrogens (tertiary/aromatic N) is 4. The Hall–Kier alpha value is -3.54. The molecule has 3 aromatic rings. The Morgan fingerprint density at radius 2 is 1.81 bits per heavy atom. The molecular weight excluding hydrogens is 492 g/mol. The van der Waals surface area contributed by atoms with Crippen molar-refractivity contribution in [3.05, 3.63) is 66.5 Å². The van der Waals surface area contributed by atoms with Crippen LogP contribution in [0.2, 0.25) is 0 Å². The van der Waals surface area contributed by atoms with E-state index in [1.807, 2.05) is 25.1 Å². The molecule has 10 nitrogen and oxygen atoms in total. The van der Waals surface area contributed by atoms with Crippen molar-refractivity contribution in [3.8, 4) is 0 Å². The molecule has 11 heteroatoms. The van der Waals surface area contributed by atoms with E-state index in [0.29, 0.717) is 30.4 Å². The molecule has 0 spiro atoms. The van der Waals surface area contributed by atoms with Crippen molar-refractivity contribution in [1.82, 2.24) is 14.7 Å². The number of aromatic nitrogens is 2. The van der Waals surface area contributed by atoms with Crippen molar-refractivity contribution in [3.63, 3.8) is 0 Å². The van der Waals surface area contributed by atoms with Crippen LogP contribution in [0, 0.1) is 0 Å². The standard InChI is InChI=1S/C26H30N6O4S/c1-18-26(33)31(2)23-10-11-24(30-25(23)32(18)21-12-15-36-16-13-21)29-19-6-8-22(9-7-19)37(34,35)28-17-20-5-3-4-14-27-20/h3-11,14,18,21,28H,12-13,15-17H2,1-2H3,(H,29,30)/t18-/m1/s1. The van der Waals surface area contributed by atoms with Gasteiger partial charge < -0.3 is 19.9 Å². The van der Waals surface area contributed by atoms with E-state index in [2.05, 4.69) is 19.9 Å². The molecular formula is C26H30N6O4S. The average Bonchev–Trinajstić information content (AvgIpc) is 2.92. The lowest BCUT2D eigenvalue weighted by atomic mass is 10.0. The molecule has 2 aliphatic heterocycles. The number of amides is 1. The SMILES string of the molecule is C[C@@H]1C(=O)N(C)c2ccc(Nc3ccc(S(=O)(=O)NCc4ccccn4)cc3)nc2N1C1CCOCC1. The number of rotatable bonds is 7. The second kappa shape index (κ2) is 10.4. The molecule has 5 rings (SSSR count). The van der Waals surface area contributed by atoms with Crippen LogP contribution in [0.4, 0.5) is 23.0 Å². The summed E-state index contributed by atoms with van der Waals surface area (Å²) in [5, 5.41) is 3.26. The zero-order chi connectivity index (χ0) is 26.0. The monoisotopic (exact) mass is 522 g/mol. The number of ether oxygens (including phenoxy) is 1. The zero-order valence-corrected chi connectivity index (χ0v) is 21.6. The van der Waals surface area contributed by atoms with Gasteiger partial charge in [0.15, 0.2) is 5.82 Å². The molecule has 0 unspecified atom stereocenters. The van der Waals surface area contributed by atoms with Crippen LogP contribution in [0.15, 0.2) is 65.7 Å². The summed E-state index contributed by atoms with van der Waals surface area (Å²) >= 11 is 0. The normalized spacial score (nSPS) is 18.5. The first-order valence-corrected chi connectivity index (χ1v) is 13.7. The molecule has 2 aliphatic rings. The van der Waals surface area contributed by atoms with Gasteiger partial charge in [-0.3, -0.25) is 9.78 Å². The van der Waals surface area contributed by atoms with E-state index < -0.39 is 10.0 Å². The average molecular weight is 523 g/mol. The first-order valence-electron chi connectivity index (χ1n) is 12.2. The number of carbonyl (C=O) groups excluding carboxylic acids is 1. The van der Waals surface area contributed by atoms with Crippen LogP contribution in [0.5, 0.6) is 0 Å². The Balaban J connectivity index is 1.34. The van der Waals surface area contributed by atoms with E-state index in [-0.39, 0.29) is 29.4 Å². The molecule has 0 radical (unpaired) electrons. The minimum absolute atomic E-state index is 0.0370. The molecule has 2 aromatic heterocycles. The lowest BCUT2D eigenvalue weighted by Crippen LogP contribution is -2.56. The summed E-state index contributed by atoms with van der Waals surface area (Å²) in [5.74, 6) is 1.40. The number of anilines is 4. The van der Waals surface area contributed by atoms with Crippen molar-refractivity contribution >= 4 is 38.9 Å². The number of carbonyl (C=O) groups is 1. The van der Waals surface area contributed by atoms with Gasteiger partial charge in [-0.2, -0.15) is 0 Å². The maximum Gasteiger partial charge on any atom is 0.249 e. The van der Waals surface area contributed by atoms with Crippen LogP contribution < -0.4 is 19.8 Å². The van der Waals surface area contributed by atoms with Crippen molar-refractivity contribution in [2.24, 2.45) is 0 Å². The van der Waals surface area contributed by atoms with Gasteiger partial charge in [0.25, 0.3) is 0 Å². The molecule has 1 saturated heterocycles. The first-order chi connectivity index (χ1) is 17.8. The van der Waals surface area contributed by atoms with Crippen molar-refractivity contribution in [2.75, 3.05) is 35.4 Å². The van der Waals surface area contributed by atoms with Crippen LogP contribution >= 0.6 is 0 Å². The predicted molar refractivity (Wildman–Crippen MR) is 141 cm³/mol. The summed E-state index contributed by atoms with van der Waals surface area (Å²) < 4.78 is 33.5. The Morgan fingerprint density at radius 3 is 2.51 bits per heavy atom. The van der Waals surface area contributed by atoms with E-state index in [9.17, 15) is 13.2 Å². The molecule has 0 bridgehead atoms. The number of hydrogen-bond donors (Lipinski definition) is 2. The van der Waals surface area contributed by atoms with Gasteiger partial charge in [0.05, 0.1) is 22.8 Å². The second-order valence-corrected chi connectivity index (χ2v) is 10.9. The van der Waals surface area contributed by atoms with Gasteiger partial charge in [-0.1, -0.05) is 6.07 Å². The van der Waals surface area contributed by atoms with Gasteiger partial charge in [-0.05, 0) is 68.3 Å². The Labute approximate surface area is 216 Å². The molecule has 2 N–H and O–H groups in total. The number of pyridine rings is 2. The number of benzene rings is 1. The third kappa shape index (κ3) is 5.29. The van der Waals surface area contributed by atoms with Gasteiger partial charge in [0, 0.05) is 38.2 Å². The molecule has 194 valence electrons. The number of nitrogens with one attached hydrogen (secondary N) is 2. The smallest absolute Gasteiger partial charge is 0.249 e. The van der Waals surface area contributed by atoms with Crippen LogP contribution in [0.3, 0.4) is 0 Å². The number of sulfonamides is 1. The minimum Gasteiger partial charge on any atom is -0.381 e. The van der Waals surface area contributed by atoms with Gasteiger partial charge in [-0.25, -0.2) is 18.1 Å². The second-order valence-electron chi connectivity index (χ2n) is 9.16. The maximum absolute atomic E-state index is 12.9. The molecule has 0 aliphatic carbocycles. The summed E-state index contributed by atoms with van der Waals surface area (Å²) in [4.78, 5) is 25.9. The van der Waals surface area contributed by atoms with Crippen molar-refractivity contribution < 1.29 is 17.9 Å². The van der Waals surface area contributed by atoms with Gasteiger partial charge >= 0.3 is 0 Å². The lowest BCUT2D eigenvalue weighted by molar-refractivity contribution is -0.119. The van der Waals surface area contributed by atoms with Gasteiger partial charge in [0.1, 0.15) is 11.9 Å². The fourth-order valence-corrected chi connectivity index (χ4v) is 5.74. The Bertz CT molecular complexity index is 1360. The van der Waals surface area contributed by atoms with Crippen molar-refractivity contribution in [2.45, 2.75) is 43.3 Å². The van der Waals surface area contributed by atoms with E-state index in [0.717, 1.165) is 24.3 Å². The maximum atomic E-state index is 12.9. The number of fused-ring (bicyclic) bond motifs is 1. The van der Waals surface area contributed by atoms with Crippen LogP contribution in [-0.4, -0.2) is 56.6 Å². The van der Waals surface area contributed by atoms with E-state index >= 15 is 0 Å². The predicted octanol–water partition coefficient (Wildman–Crippen LogP) is 3.05. The zero-order valence-electron chi connectivity index (χ0n) is 20.8. The highest BCUT2D eigenvalue weighted by Gasteiger charge is 2.39.